The molecule has 2 atom stereocenters. The van der Waals surface area contributed by atoms with Crippen LogP contribution in [0, 0.1) is 11.8 Å². The predicted octanol–water partition coefficient (Wildman–Crippen LogP) is 2.23. The molecule has 0 radical (unpaired) electrons. The molecule has 4 rings (SSSR count). The Morgan fingerprint density at radius 2 is 2.32 bits per heavy atom. The summed E-state index contributed by atoms with van der Waals surface area (Å²) in [5, 5.41) is 2.92. The quantitative estimate of drug-likeness (QED) is 0.837. The molecule has 96 valence electrons. The zero-order valence-electron chi connectivity index (χ0n) is 10.5. The van der Waals surface area contributed by atoms with Gasteiger partial charge < -0.3 is 14.8 Å². The lowest BCUT2D eigenvalue weighted by atomic mass is 10.1. The average Bonchev–Trinajstić information content (AvgIpc) is 3.20. The van der Waals surface area contributed by atoms with Gasteiger partial charge in [-0.05, 0) is 30.5 Å². The molecule has 1 saturated carbocycles. The molecular weight excluding hydrogens is 242 g/mol. The van der Waals surface area contributed by atoms with E-state index < -0.39 is 0 Å². The number of benzene rings is 1. The summed E-state index contributed by atoms with van der Waals surface area (Å²) in [6, 6.07) is 5.26. The minimum atomic E-state index is -0.133. The molecule has 1 amide bonds. The fourth-order valence-electron chi connectivity index (χ4n) is 2.67. The van der Waals surface area contributed by atoms with E-state index in [2.05, 4.69) is 11.4 Å². The van der Waals surface area contributed by atoms with Crippen molar-refractivity contribution in [3.05, 3.63) is 47.4 Å². The predicted molar refractivity (Wildman–Crippen MR) is 68.9 cm³/mol. The zero-order chi connectivity index (χ0) is 13.0. The molecule has 4 heteroatoms. The van der Waals surface area contributed by atoms with Crippen molar-refractivity contribution in [1.82, 2.24) is 5.32 Å². The Balaban J connectivity index is 1.82. The third kappa shape index (κ3) is 1.56. The van der Waals surface area contributed by atoms with Gasteiger partial charge in [-0.2, -0.15) is 0 Å². The molecule has 1 heterocycles. The molecule has 1 aliphatic heterocycles. The van der Waals surface area contributed by atoms with Gasteiger partial charge in [0.1, 0.15) is 17.3 Å². The Labute approximate surface area is 110 Å². The third-order valence-corrected chi connectivity index (χ3v) is 3.85. The number of rotatable bonds is 1. The highest BCUT2D eigenvalue weighted by Crippen LogP contribution is 2.50. The number of ether oxygens (including phenoxy) is 2. The highest BCUT2D eigenvalue weighted by atomic mass is 16.5. The first-order valence-corrected chi connectivity index (χ1v) is 6.36. The van der Waals surface area contributed by atoms with Crippen LogP contribution in [0.3, 0.4) is 0 Å². The van der Waals surface area contributed by atoms with Crippen LogP contribution in [-0.2, 0) is 0 Å². The Morgan fingerprint density at radius 1 is 1.42 bits per heavy atom. The maximum atomic E-state index is 12.2. The smallest absolute Gasteiger partial charge is 0.259 e. The summed E-state index contributed by atoms with van der Waals surface area (Å²) in [6.07, 6.45) is 5.19. The molecule has 19 heavy (non-hydrogen) atoms. The van der Waals surface area contributed by atoms with Crippen LogP contribution in [0.15, 0.2) is 41.8 Å². The van der Waals surface area contributed by atoms with Crippen LogP contribution < -0.4 is 14.8 Å². The number of nitrogens with one attached hydrogen (secondary N) is 1. The molecule has 0 bridgehead atoms. The van der Waals surface area contributed by atoms with Gasteiger partial charge in [-0.25, -0.2) is 0 Å². The summed E-state index contributed by atoms with van der Waals surface area (Å²) >= 11 is 0. The molecule has 1 aromatic rings. The highest BCUT2D eigenvalue weighted by Gasteiger charge is 2.44. The van der Waals surface area contributed by atoms with E-state index in [1.54, 1.807) is 25.3 Å². The van der Waals surface area contributed by atoms with E-state index >= 15 is 0 Å². The minimum absolute atomic E-state index is 0.133. The molecule has 2 unspecified atom stereocenters. The van der Waals surface area contributed by atoms with Gasteiger partial charge in [0.25, 0.3) is 5.91 Å². The van der Waals surface area contributed by atoms with Crippen molar-refractivity contribution in [2.75, 3.05) is 7.11 Å². The van der Waals surface area contributed by atoms with Gasteiger partial charge in [0.15, 0.2) is 0 Å². The fraction of sp³-hybridized carbons (Fsp3) is 0.267. The molecule has 3 aliphatic rings. The second-order valence-corrected chi connectivity index (χ2v) is 5.06. The number of amides is 1. The van der Waals surface area contributed by atoms with E-state index in [1.807, 2.05) is 6.08 Å². The lowest BCUT2D eigenvalue weighted by Crippen LogP contribution is -2.22. The van der Waals surface area contributed by atoms with Crippen molar-refractivity contribution < 1.29 is 14.3 Å². The van der Waals surface area contributed by atoms with Crippen molar-refractivity contribution in [1.29, 1.82) is 0 Å². The van der Waals surface area contributed by atoms with E-state index in [1.165, 1.54) is 0 Å². The topological polar surface area (TPSA) is 47.6 Å². The molecular formula is C15H13NO3. The second kappa shape index (κ2) is 3.63. The van der Waals surface area contributed by atoms with E-state index in [0.717, 1.165) is 17.9 Å². The monoisotopic (exact) mass is 255 g/mol. The summed E-state index contributed by atoms with van der Waals surface area (Å²) in [6.45, 7) is 0. The van der Waals surface area contributed by atoms with Crippen LogP contribution in [0.5, 0.6) is 11.5 Å². The largest absolute Gasteiger partial charge is 0.497 e. The highest BCUT2D eigenvalue weighted by molar-refractivity contribution is 5.99. The molecule has 2 aliphatic carbocycles. The van der Waals surface area contributed by atoms with Crippen molar-refractivity contribution in [3.63, 3.8) is 0 Å². The standard InChI is InChI=1S/C15H13NO3/c1-18-9-3-4-10-13(7-9)19-14-11-6-8(11)2-5-12(14)16-15(10)17/h2-5,7-8,11H,6H2,1H3,(H,16,17). The molecule has 1 N–H and O–H groups in total. The van der Waals surface area contributed by atoms with Crippen LogP contribution in [0.2, 0.25) is 0 Å². The van der Waals surface area contributed by atoms with Gasteiger partial charge >= 0.3 is 0 Å². The van der Waals surface area contributed by atoms with Gasteiger partial charge in [0.2, 0.25) is 0 Å². The zero-order valence-corrected chi connectivity index (χ0v) is 10.5. The van der Waals surface area contributed by atoms with Gasteiger partial charge in [0.05, 0.1) is 18.4 Å². The van der Waals surface area contributed by atoms with Gasteiger partial charge in [-0.15, -0.1) is 0 Å². The molecule has 0 spiro atoms. The van der Waals surface area contributed by atoms with Gasteiger partial charge in [-0.1, -0.05) is 6.08 Å². The summed E-state index contributed by atoms with van der Waals surface area (Å²) in [5.74, 6) is 3.00. The average molecular weight is 255 g/mol. The van der Waals surface area contributed by atoms with Gasteiger partial charge in [0, 0.05) is 12.0 Å². The van der Waals surface area contributed by atoms with E-state index in [-0.39, 0.29) is 5.91 Å². The number of hydrogen-bond donors (Lipinski definition) is 1. The lowest BCUT2D eigenvalue weighted by molar-refractivity contribution is 0.0967. The van der Waals surface area contributed by atoms with Crippen molar-refractivity contribution in [3.8, 4) is 11.5 Å². The second-order valence-electron chi connectivity index (χ2n) is 5.06. The summed E-state index contributed by atoms with van der Waals surface area (Å²) < 4.78 is 11.2. The maximum absolute atomic E-state index is 12.2. The Kier molecular flexibility index (Phi) is 2.04. The van der Waals surface area contributed by atoms with E-state index in [9.17, 15) is 4.79 Å². The van der Waals surface area contributed by atoms with Crippen molar-refractivity contribution in [2.45, 2.75) is 6.42 Å². The normalized spacial score (nSPS) is 26.5. The lowest BCUT2D eigenvalue weighted by Gasteiger charge is -2.14. The number of carbonyl (C=O) groups is 1. The van der Waals surface area contributed by atoms with Crippen LogP contribution in [-0.4, -0.2) is 13.0 Å². The molecule has 0 saturated heterocycles. The van der Waals surface area contributed by atoms with E-state index in [4.69, 9.17) is 9.47 Å². The molecule has 4 nitrogen and oxygen atoms in total. The van der Waals surface area contributed by atoms with Crippen molar-refractivity contribution >= 4 is 5.91 Å². The van der Waals surface area contributed by atoms with Crippen LogP contribution in [0.1, 0.15) is 16.8 Å². The number of allylic oxidation sites excluding steroid dienone is 3. The van der Waals surface area contributed by atoms with Crippen LogP contribution in [0.4, 0.5) is 0 Å². The number of hydrogen-bond acceptors (Lipinski definition) is 3. The summed E-state index contributed by atoms with van der Waals surface area (Å²) in [5.41, 5.74) is 1.33. The molecule has 1 aromatic carbocycles. The first kappa shape index (κ1) is 10.7. The molecule has 1 fully saturated rings. The van der Waals surface area contributed by atoms with Crippen molar-refractivity contribution in [2.24, 2.45) is 11.8 Å². The summed E-state index contributed by atoms with van der Waals surface area (Å²) in [7, 11) is 1.60. The van der Waals surface area contributed by atoms with E-state index in [0.29, 0.717) is 28.9 Å². The Morgan fingerprint density at radius 3 is 3.16 bits per heavy atom. The third-order valence-electron chi connectivity index (χ3n) is 3.85. The Bertz CT molecular complexity index is 645. The fourth-order valence-corrected chi connectivity index (χ4v) is 2.67. The minimum Gasteiger partial charge on any atom is -0.497 e. The number of methoxy groups -OCH3 is 1. The number of fused-ring (bicyclic) bond motifs is 3. The maximum Gasteiger partial charge on any atom is 0.259 e. The van der Waals surface area contributed by atoms with Gasteiger partial charge in [-0.3, -0.25) is 4.79 Å². The summed E-state index contributed by atoms with van der Waals surface area (Å²) in [4.78, 5) is 12.2. The van der Waals surface area contributed by atoms with Crippen LogP contribution in [0.25, 0.3) is 0 Å². The number of carbonyl (C=O) groups excluding carboxylic acids is 1. The Hall–Kier alpha value is -2.23. The first-order valence-electron chi connectivity index (χ1n) is 6.36. The first-order chi connectivity index (χ1) is 9.26. The molecule has 0 aromatic heterocycles. The van der Waals surface area contributed by atoms with Crippen LogP contribution >= 0.6 is 0 Å². The SMILES string of the molecule is COc1ccc2c(c1)OC1=C(C=CC3CC13)NC2=O.